The quantitative estimate of drug-likeness (QED) is 0.0837. The van der Waals surface area contributed by atoms with E-state index in [9.17, 15) is 0 Å². The van der Waals surface area contributed by atoms with Crippen molar-refractivity contribution in [3.63, 3.8) is 0 Å². The van der Waals surface area contributed by atoms with Crippen molar-refractivity contribution in [3.05, 3.63) is 400 Å². The summed E-state index contributed by atoms with van der Waals surface area (Å²) < 4.78 is 14.2. The van der Waals surface area contributed by atoms with Crippen LogP contribution in [0.25, 0.3) is 177 Å². The molecule has 22 rings (SSSR count). The van der Waals surface area contributed by atoms with E-state index in [2.05, 4.69) is 282 Å². The lowest BCUT2D eigenvalue weighted by Gasteiger charge is -2.34. The lowest BCUT2D eigenvalue weighted by molar-refractivity contribution is 0.671. The molecule has 530 valence electrons. The Morgan fingerprint density at radius 1 is 0.230 bits per heavy atom. The summed E-state index contributed by atoms with van der Waals surface area (Å²) in [6.07, 6.45) is 0. The Hall–Kier alpha value is -14.6. The fourth-order valence-corrected chi connectivity index (χ4v) is 22.7. The lowest BCUT2D eigenvalue weighted by atomic mass is 10.0. The van der Waals surface area contributed by atoms with Crippen LogP contribution >= 0.6 is 11.3 Å². The fourth-order valence-electron chi connectivity index (χ4n) is 16.7. The molecule has 0 N–H and O–H groups in total. The number of para-hydroxylation sites is 1. The molecule has 0 bridgehead atoms. The van der Waals surface area contributed by atoms with Crippen LogP contribution in [0.3, 0.4) is 0 Å². The molecule has 0 radical (unpaired) electrons. The van der Waals surface area contributed by atoms with E-state index in [0.717, 1.165) is 94.0 Å². The van der Waals surface area contributed by atoms with Crippen LogP contribution < -0.4 is 20.7 Å². The van der Waals surface area contributed by atoms with Gasteiger partial charge in [0.1, 0.15) is 5.58 Å². The molecule has 6 heterocycles. The highest BCUT2D eigenvalue weighted by molar-refractivity contribution is 7.26. The van der Waals surface area contributed by atoms with E-state index in [1.807, 2.05) is 139 Å². The summed E-state index contributed by atoms with van der Waals surface area (Å²) >= 11 is 1.86. The number of aromatic nitrogens is 8. The van der Waals surface area contributed by atoms with Crippen LogP contribution in [-0.4, -0.2) is 47.1 Å². The van der Waals surface area contributed by atoms with Crippen LogP contribution in [0.15, 0.2) is 405 Å². The number of furan rings is 1. The van der Waals surface area contributed by atoms with E-state index in [4.69, 9.17) is 34.3 Å². The maximum Gasteiger partial charge on any atom is 0.179 e. The Bertz CT molecular complexity index is 7130. The molecule has 0 saturated carbocycles. The molecule has 0 saturated heterocycles. The largest absolute Gasteiger partial charge is 0.454 e. The van der Waals surface area contributed by atoms with Crippen LogP contribution in [0.1, 0.15) is 0 Å². The molecule has 6 aromatic heterocycles. The average molecular weight is 1480 g/mol. The predicted molar refractivity (Wildman–Crippen MR) is 470 cm³/mol. The average Bonchev–Trinajstić information content (AvgIpc) is 1.60. The first-order valence-electron chi connectivity index (χ1n) is 38.0. The van der Waals surface area contributed by atoms with Gasteiger partial charge in [0, 0.05) is 92.5 Å². The summed E-state index contributed by atoms with van der Waals surface area (Å²) in [7, 11) is -2.83. The molecular formula is C102H66N8OSSi. The Morgan fingerprint density at radius 2 is 0.602 bits per heavy atom. The summed E-state index contributed by atoms with van der Waals surface area (Å²) in [4.78, 5) is 30.2. The summed E-state index contributed by atoms with van der Waals surface area (Å²) in [5.41, 5.74) is 16.2. The molecule has 113 heavy (non-hydrogen) atoms. The van der Waals surface area contributed by atoms with Gasteiger partial charge in [0.15, 0.2) is 48.6 Å². The third-order valence-corrected chi connectivity index (χ3v) is 27.8. The summed E-state index contributed by atoms with van der Waals surface area (Å²) in [6.45, 7) is 0. The van der Waals surface area contributed by atoms with E-state index in [0.29, 0.717) is 34.9 Å². The van der Waals surface area contributed by atoms with Gasteiger partial charge in [-0.15, -0.1) is 11.3 Å². The number of hydrogen-bond acceptors (Lipinski definition) is 8. The van der Waals surface area contributed by atoms with Crippen molar-refractivity contribution < 1.29 is 4.42 Å². The van der Waals surface area contributed by atoms with Crippen LogP contribution in [0.5, 0.6) is 0 Å². The molecule has 16 aromatic carbocycles. The third-order valence-electron chi connectivity index (χ3n) is 21.8. The molecule has 0 aliphatic rings. The molecule has 22 aromatic rings. The van der Waals surface area contributed by atoms with Gasteiger partial charge in [-0.25, -0.2) is 29.9 Å². The monoisotopic (exact) mass is 1480 g/mol. The molecule has 0 atom stereocenters. The van der Waals surface area contributed by atoms with Crippen molar-refractivity contribution in [1.82, 2.24) is 39.0 Å². The second-order valence-electron chi connectivity index (χ2n) is 28.4. The maximum absolute atomic E-state index is 6.86. The van der Waals surface area contributed by atoms with Crippen molar-refractivity contribution in [1.29, 1.82) is 0 Å². The van der Waals surface area contributed by atoms with Gasteiger partial charge in [-0.1, -0.05) is 340 Å². The Kier molecular flexibility index (Phi) is 16.6. The van der Waals surface area contributed by atoms with Gasteiger partial charge < -0.3 is 13.6 Å². The number of fused-ring (bicyclic) bond motifs is 14. The minimum absolute atomic E-state index is 0.603. The molecule has 11 heteroatoms. The minimum Gasteiger partial charge on any atom is -0.454 e. The molecular weight excluding hydrogens is 1410 g/mol. The van der Waals surface area contributed by atoms with Crippen molar-refractivity contribution in [2.45, 2.75) is 0 Å². The Labute approximate surface area is 656 Å². The van der Waals surface area contributed by atoms with Gasteiger partial charge in [0.2, 0.25) is 0 Å². The number of nitrogens with zero attached hydrogens (tertiary/aromatic N) is 8. The second-order valence-corrected chi connectivity index (χ2v) is 33.3. The number of thiophene rings is 1. The van der Waals surface area contributed by atoms with Gasteiger partial charge in [0.05, 0.1) is 26.8 Å². The van der Waals surface area contributed by atoms with Crippen molar-refractivity contribution in [2.75, 3.05) is 0 Å². The third kappa shape index (κ3) is 11.7. The van der Waals surface area contributed by atoms with E-state index in [1.54, 1.807) is 0 Å². The van der Waals surface area contributed by atoms with Crippen LogP contribution in [0.4, 0.5) is 0 Å². The molecule has 0 spiro atoms. The highest BCUT2D eigenvalue weighted by Crippen LogP contribution is 2.46. The zero-order valence-corrected chi connectivity index (χ0v) is 62.8. The normalized spacial score (nSPS) is 11.7. The molecule has 9 nitrogen and oxygen atoms in total. The summed E-state index contributed by atoms with van der Waals surface area (Å²) in [5, 5.41) is 14.8. The molecule has 0 aliphatic carbocycles. The van der Waals surface area contributed by atoms with Crippen molar-refractivity contribution in [3.8, 4) is 90.8 Å². The summed E-state index contributed by atoms with van der Waals surface area (Å²) in [6, 6.07) is 142. The van der Waals surface area contributed by atoms with E-state index < -0.39 is 8.07 Å². The van der Waals surface area contributed by atoms with E-state index >= 15 is 0 Å². The highest BCUT2D eigenvalue weighted by Gasteiger charge is 2.42. The highest BCUT2D eigenvalue weighted by atomic mass is 32.1. The topological polar surface area (TPSA) is 100 Å². The van der Waals surface area contributed by atoms with Crippen LogP contribution in [0, 0.1) is 0 Å². The summed E-state index contributed by atoms with van der Waals surface area (Å²) in [5.74, 6) is 3.79. The number of rotatable bonds is 13. The SMILES string of the molecule is c1ccc(-c2ccc3c(c2)c2ccc4c5ccccc5sc4c2n3-c2cccc(-c3nc(-c4ccccc4)nc(-c4ccccc4)n3)c2)cc1.c1ccc(-c2nc(-c3ccccc3)nc(-c3cccc(-n4c5ccc([Si](c6ccccc6)(c6ccccc6)c6ccccc6)cc5c5ccc6c7ccccc7oc6c54)c3)n2)cc1. The van der Waals surface area contributed by atoms with Crippen molar-refractivity contribution >= 4 is 126 Å². The first kappa shape index (κ1) is 66.6. The lowest BCUT2D eigenvalue weighted by Crippen LogP contribution is -2.74. The molecule has 0 unspecified atom stereocenters. The zero-order chi connectivity index (χ0) is 74.8. The van der Waals surface area contributed by atoms with Crippen LogP contribution in [-0.2, 0) is 0 Å². The fraction of sp³-hybridized carbons (Fsp3) is 0. The maximum atomic E-state index is 6.86. The minimum atomic E-state index is -2.83. The molecule has 0 fully saturated rings. The molecule has 0 aliphatic heterocycles. The van der Waals surface area contributed by atoms with E-state index in [-0.39, 0.29) is 0 Å². The Morgan fingerprint density at radius 3 is 1.10 bits per heavy atom. The number of benzene rings is 16. The Balaban J connectivity index is 0.000000146. The number of hydrogen-bond donors (Lipinski definition) is 0. The smallest absolute Gasteiger partial charge is 0.179 e. The van der Waals surface area contributed by atoms with Crippen molar-refractivity contribution in [2.24, 2.45) is 0 Å². The van der Waals surface area contributed by atoms with Gasteiger partial charge in [-0.05, 0) is 92.5 Å². The van der Waals surface area contributed by atoms with Gasteiger partial charge >= 0.3 is 0 Å². The first-order chi connectivity index (χ1) is 56.0. The van der Waals surface area contributed by atoms with E-state index in [1.165, 1.54) is 68.3 Å². The van der Waals surface area contributed by atoms with Crippen LogP contribution in [0.2, 0.25) is 0 Å². The van der Waals surface area contributed by atoms with Gasteiger partial charge in [0.25, 0.3) is 0 Å². The zero-order valence-electron chi connectivity index (χ0n) is 61.0. The predicted octanol–water partition coefficient (Wildman–Crippen LogP) is 23.3. The standard InChI is InChI=1S/C57H38N4OSi.C45H28N4S/c1-6-19-39(20-7-1)55-58-56(40-21-8-2-9-22-40)60-57(59-55)41-23-18-24-42(37-41)61-51-36-33-46(38-50(51)48-34-35-49-47-31-16-17-32-52(47)62-54(49)53(48)61)63(43-25-10-3-11-26-43,44-27-12-4-13-28-44)45-29-14-5-15-30-45;1-4-13-29(14-5-1)32-23-26-39-38(28-32)36-24-25-37-35-21-10-11-22-40(35)50-42(37)41(36)49(39)34-20-12-19-33(27-34)45-47-43(30-15-6-2-7-16-30)46-44(48-45)31-17-8-3-9-18-31/h1-38H;1-28H. The molecule has 0 amide bonds. The second kappa shape index (κ2) is 28.1. The first-order valence-corrected chi connectivity index (χ1v) is 40.8. The van der Waals surface area contributed by atoms with Gasteiger partial charge in [-0.2, -0.15) is 0 Å². The van der Waals surface area contributed by atoms with Gasteiger partial charge in [-0.3, -0.25) is 0 Å².